The number of hydrogen-bond donors (Lipinski definition) is 1. The number of alkyl carbamates (subject to hydrolysis) is 1. The van der Waals surface area contributed by atoms with Crippen LogP contribution in [0.3, 0.4) is 0 Å². The molecule has 1 amide bonds. The van der Waals surface area contributed by atoms with Gasteiger partial charge >= 0.3 is 12.1 Å². The zero-order chi connectivity index (χ0) is 16.1. The predicted molar refractivity (Wildman–Crippen MR) is 83.1 cm³/mol. The van der Waals surface area contributed by atoms with E-state index in [4.69, 9.17) is 9.47 Å². The van der Waals surface area contributed by atoms with Crippen LogP contribution in [0.15, 0.2) is 0 Å². The fourth-order valence-corrected chi connectivity index (χ4v) is 1.50. The molecule has 0 aliphatic rings. The monoisotopic (exact) mass is 301 g/mol. The van der Waals surface area contributed by atoms with E-state index in [1.165, 1.54) is 0 Å². The molecule has 0 aliphatic carbocycles. The molecular formula is C16H31NO4. The van der Waals surface area contributed by atoms with Crippen molar-refractivity contribution in [3.05, 3.63) is 0 Å². The van der Waals surface area contributed by atoms with Crippen LogP contribution in [-0.4, -0.2) is 31.8 Å². The van der Waals surface area contributed by atoms with Crippen molar-refractivity contribution in [3.8, 4) is 0 Å². The molecule has 0 spiro atoms. The third-order valence-corrected chi connectivity index (χ3v) is 2.72. The number of hydrogen-bond acceptors (Lipinski definition) is 4. The van der Waals surface area contributed by atoms with Crippen LogP contribution in [0.1, 0.15) is 66.2 Å². The van der Waals surface area contributed by atoms with E-state index in [-0.39, 0.29) is 17.5 Å². The normalized spacial score (nSPS) is 11.0. The van der Waals surface area contributed by atoms with Gasteiger partial charge in [0.25, 0.3) is 0 Å². The van der Waals surface area contributed by atoms with Crippen LogP contribution in [-0.2, 0) is 14.3 Å². The highest BCUT2D eigenvalue weighted by Crippen LogP contribution is 2.12. The van der Waals surface area contributed by atoms with Gasteiger partial charge in [-0.2, -0.15) is 0 Å². The van der Waals surface area contributed by atoms with Gasteiger partial charge in [0.2, 0.25) is 0 Å². The Kier molecular flexibility index (Phi) is 10.7. The summed E-state index contributed by atoms with van der Waals surface area (Å²) in [5, 5.41) is 2.71. The first-order valence-corrected chi connectivity index (χ1v) is 7.91. The van der Waals surface area contributed by atoms with Crippen LogP contribution < -0.4 is 5.32 Å². The Bertz CT molecular complexity index is 297. The molecular weight excluding hydrogens is 270 g/mol. The summed E-state index contributed by atoms with van der Waals surface area (Å²) < 4.78 is 10.1. The van der Waals surface area contributed by atoms with E-state index in [0.717, 1.165) is 32.1 Å². The Morgan fingerprint density at radius 3 is 2.33 bits per heavy atom. The third-order valence-electron chi connectivity index (χ3n) is 2.72. The molecule has 0 aromatic rings. The lowest BCUT2D eigenvalue weighted by atomic mass is 9.99. The minimum atomic E-state index is -0.371. The molecule has 0 atom stereocenters. The first-order chi connectivity index (χ1) is 9.85. The molecule has 0 rings (SSSR count). The second-order valence-electron chi connectivity index (χ2n) is 6.45. The van der Waals surface area contributed by atoms with Crippen molar-refractivity contribution in [3.63, 3.8) is 0 Å². The standard InChI is InChI=1S/C16H31NO4/c1-5-6-12-20-14(18)10-8-7-9-11-17-15(19)21-13-16(2,3)4/h5-13H2,1-4H3,(H,17,19). The minimum absolute atomic E-state index is 0.0184. The third kappa shape index (κ3) is 15.0. The van der Waals surface area contributed by atoms with Gasteiger partial charge in [0.15, 0.2) is 0 Å². The van der Waals surface area contributed by atoms with Crippen LogP contribution in [0.25, 0.3) is 0 Å². The molecule has 0 heterocycles. The van der Waals surface area contributed by atoms with Gasteiger partial charge in [-0.15, -0.1) is 0 Å². The summed E-state index contributed by atoms with van der Waals surface area (Å²) in [5.41, 5.74) is -0.0184. The average Bonchev–Trinajstić information content (AvgIpc) is 2.40. The first kappa shape index (κ1) is 19.7. The summed E-state index contributed by atoms with van der Waals surface area (Å²) in [6.07, 6.45) is 4.57. The largest absolute Gasteiger partial charge is 0.466 e. The molecule has 124 valence electrons. The summed E-state index contributed by atoms with van der Waals surface area (Å²) in [4.78, 5) is 22.7. The van der Waals surface area contributed by atoms with Gasteiger partial charge in [-0.1, -0.05) is 40.5 Å². The number of esters is 1. The van der Waals surface area contributed by atoms with Gasteiger partial charge in [-0.05, 0) is 24.7 Å². The van der Waals surface area contributed by atoms with Gasteiger partial charge in [0.05, 0.1) is 13.2 Å². The Balaban J connectivity index is 3.39. The number of carbonyl (C=O) groups is 2. The maximum Gasteiger partial charge on any atom is 0.407 e. The van der Waals surface area contributed by atoms with Crippen molar-refractivity contribution in [2.45, 2.75) is 66.2 Å². The maximum absolute atomic E-state index is 11.4. The lowest BCUT2D eigenvalue weighted by Crippen LogP contribution is -2.28. The second-order valence-corrected chi connectivity index (χ2v) is 6.45. The molecule has 0 aromatic carbocycles. The molecule has 0 radical (unpaired) electrons. The topological polar surface area (TPSA) is 64.6 Å². The summed E-state index contributed by atoms with van der Waals surface area (Å²) in [6, 6.07) is 0. The maximum atomic E-state index is 11.4. The number of rotatable bonds is 10. The van der Waals surface area contributed by atoms with Gasteiger partial charge in [-0.3, -0.25) is 4.79 Å². The van der Waals surface area contributed by atoms with Crippen LogP contribution in [0.4, 0.5) is 4.79 Å². The molecule has 21 heavy (non-hydrogen) atoms. The summed E-state index contributed by atoms with van der Waals surface area (Å²) in [5.74, 6) is -0.124. The van der Waals surface area contributed by atoms with Crippen molar-refractivity contribution in [1.29, 1.82) is 0 Å². The quantitative estimate of drug-likeness (QED) is 0.494. The van der Waals surface area contributed by atoms with Crippen LogP contribution >= 0.6 is 0 Å². The Morgan fingerprint density at radius 1 is 1.00 bits per heavy atom. The lowest BCUT2D eigenvalue weighted by Gasteiger charge is -2.17. The number of nitrogens with one attached hydrogen (secondary N) is 1. The molecule has 0 aliphatic heterocycles. The number of unbranched alkanes of at least 4 members (excludes halogenated alkanes) is 3. The van der Waals surface area contributed by atoms with Crippen molar-refractivity contribution in [2.24, 2.45) is 5.41 Å². The van der Waals surface area contributed by atoms with Crippen molar-refractivity contribution >= 4 is 12.1 Å². The highest BCUT2D eigenvalue weighted by atomic mass is 16.5. The van der Waals surface area contributed by atoms with E-state index in [1.54, 1.807) is 0 Å². The predicted octanol–water partition coefficient (Wildman–Crippen LogP) is 3.66. The molecule has 5 nitrogen and oxygen atoms in total. The average molecular weight is 301 g/mol. The Hall–Kier alpha value is -1.26. The zero-order valence-electron chi connectivity index (χ0n) is 14.0. The number of carbonyl (C=O) groups excluding carboxylic acids is 2. The van der Waals surface area contributed by atoms with E-state index in [2.05, 4.69) is 12.2 Å². The van der Waals surface area contributed by atoms with Crippen molar-refractivity contribution < 1.29 is 19.1 Å². The molecule has 1 N–H and O–H groups in total. The smallest absolute Gasteiger partial charge is 0.407 e. The molecule has 0 bridgehead atoms. The number of ether oxygens (including phenoxy) is 2. The molecule has 0 aromatic heterocycles. The van der Waals surface area contributed by atoms with E-state index in [9.17, 15) is 9.59 Å². The SMILES string of the molecule is CCCCOC(=O)CCCCCNC(=O)OCC(C)(C)C. The van der Waals surface area contributed by atoms with Crippen LogP contribution in [0.5, 0.6) is 0 Å². The highest BCUT2D eigenvalue weighted by molar-refractivity contribution is 5.69. The number of amides is 1. The van der Waals surface area contributed by atoms with Gasteiger partial charge in [-0.25, -0.2) is 4.79 Å². The van der Waals surface area contributed by atoms with Crippen LogP contribution in [0.2, 0.25) is 0 Å². The summed E-state index contributed by atoms with van der Waals surface area (Å²) in [7, 11) is 0. The molecule has 0 unspecified atom stereocenters. The van der Waals surface area contributed by atoms with Crippen molar-refractivity contribution in [1.82, 2.24) is 5.32 Å². The van der Waals surface area contributed by atoms with E-state index < -0.39 is 0 Å². The van der Waals surface area contributed by atoms with E-state index in [0.29, 0.717) is 26.2 Å². The zero-order valence-corrected chi connectivity index (χ0v) is 14.0. The first-order valence-electron chi connectivity index (χ1n) is 7.91. The van der Waals surface area contributed by atoms with Crippen molar-refractivity contribution in [2.75, 3.05) is 19.8 Å². The molecule has 5 heteroatoms. The highest BCUT2D eigenvalue weighted by Gasteiger charge is 2.13. The summed E-state index contributed by atoms with van der Waals surface area (Å²) in [6.45, 7) is 9.61. The van der Waals surface area contributed by atoms with Gasteiger partial charge in [0, 0.05) is 13.0 Å². The minimum Gasteiger partial charge on any atom is -0.466 e. The van der Waals surface area contributed by atoms with E-state index in [1.807, 2.05) is 20.8 Å². The fourth-order valence-electron chi connectivity index (χ4n) is 1.50. The van der Waals surface area contributed by atoms with Crippen LogP contribution in [0, 0.1) is 5.41 Å². The molecule has 0 fully saturated rings. The van der Waals surface area contributed by atoms with E-state index >= 15 is 0 Å². The summed E-state index contributed by atoms with van der Waals surface area (Å²) >= 11 is 0. The Labute approximate surface area is 128 Å². The lowest BCUT2D eigenvalue weighted by molar-refractivity contribution is -0.143. The van der Waals surface area contributed by atoms with Gasteiger partial charge < -0.3 is 14.8 Å². The molecule has 0 saturated heterocycles. The van der Waals surface area contributed by atoms with Gasteiger partial charge in [0.1, 0.15) is 0 Å². The fraction of sp³-hybridized carbons (Fsp3) is 0.875. The Morgan fingerprint density at radius 2 is 1.71 bits per heavy atom. The molecule has 0 saturated carbocycles. The second kappa shape index (κ2) is 11.4.